The van der Waals surface area contributed by atoms with Crippen molar-refractivity contribution in [2.75, 3.05) is 11.5 Å². The van der Waals surface area contributed by atoms with Gasteiger partial charge in [-0.15, -0.1) is 0 Å². The molecule has 0 amide bonds. The fourth-order valence-corrected chi connectivity index (χ4v) is 6.00. The molecular formula is C32H22N12Zn-2. The topological polar surface area (TPSA) is 210 Å². The Morgan fingerprint density at radius 3 is 2.27 bits per heavy atom. The first-order chi connectivity index (χ1) is 21.4. The van der Waals surface area contributed by atoms with E-state index < -0.39 is 0 Å². The van der Waals surface area contributed by atoms with Crippen LogP contribution < -0.4 is 59.6 Å². The van der Waals surface area contributed by atoms with Gasteiger partial charge in [-0.2, -0.15) is 0 Å². The van der Waals surface area contributed by atoms with Crippen molar-refractivity contribution in [3.05, 3.63) is 110 Å². The van der Waals surface area contributed by atoms with Crippen LogP contribution in [0.3, 0.4) is 0 Å². The number of anilines is 2. The van der Waals surface area contributed by atoms with Crippen molar-refractivity contribution < 1.29 is 19.5 Å². The summed E-state index contributed by atoms with van der Waals surface area (Å²) in [5.74, 6) is 1.98. The third kappa shape index (κ3) is 4.15. The Labute approximate surface area is 267 Å². The molecule has 1 atom stereocenters. The van der Waals surface area contributed by atoms with Crippen molar-refractivity contribution in [1.82, 2.24) is 15.0 Å². The Morgan fingerprint density at radius 2 is 1.42 bits per heavy atom. The molecule has 4 aliphatic rings. The second-order valence-corrected chi connectivity index (χ2v) is 11.0. The fourth-order valence-electron chi connectivity index (χ4n) is 6.00. The summed E-state index contributed by atoms with van der Waals surface area (Å²) in [5.41, 5.74) is 30.3. The molecule has 0 saturated heterocycles. The third-order valence-electron chi connectivity index (χ3n) is 8.09. The summed E-state index contributed by atoms with van der Waals surface area (Å²) in [4.78, 5) is 34.3. The molecule has 9 rings (SSSR count). The van der Waals surface area contributed by atoms with E-state index >= 15 is 0 Å². The van der Waals surface area contributed by atoms with Gasteiger partial charge < -0.3 is 63.2 Å². The summed E-state index contributed by atoms with van der Waals surface area (Å²) in [6.45, 7) is 0. The number of amidine groups is 1. The number of benzene rings is 2. The van der Waals surface area contributed by atoms with Gasteiger partial charge in [-0.25, -0.2) is 0 Å². The minimum Gasteiger partial charge on any atom is -0.402 e. The molecule has 0 fully saturated rings. The van der Waals surface area contributed by atoms with Gasteiger partial charge in [0.05, 0.1) is 0 Å². The van der Waals surface area contributed by atoms with E-state index in [-0.39, 0.29) is 25.4 Å². The van der Waals surface area contributed by atoms with Crippen LogP contribution in [0.2, 0.25) is 0 Å². The van der Waals surface area contributed by atoms with Crippen LogP contribution in [0.15, 0.2) is 97.4 Å². The Bertz CT molecular complexity index is 2550. The standard InChI is InChI=1S/C32H22N12.Zn/c33-13-1-5-17-21(9-13)29-37-25(17)41-30-22-10-14(34)2-6-18(22)27(38-30)43-32-24-12-16(36)4-8-20(24)28(40-32)44-31-23-11-15(35)3-7-19(23)26(39-31)42-29;/h1-3,5-12,21H,4,33-36H2;/q-4;+2. The number of aromatic nitrogens is 3. The van der Waals surface area contributed by atoms with Crippen LogP contribution in [0.25, 0.3) is 39.0 Å². The van der Waals surface area contributed by atoms with Crippen molar-refractivity contribution in [2.45, 2.75) is 6.42 Å². The first kappa shape index (κ1) is 26.9. The molecule has 12 nitrogen and oxygen atoms in total. The molecule has 8 N–H and O–H groups in total. The summed E-state index contributed by atoms with van der Waals surface area (Å²) >= 11 is 0. The zero-order valence-corrected chi connectivity index (χ0v) is 26.7. The number of hydrogen-bond donors (Lipinski definition) is 4. The van der Waals surface area contributed by atoms with Gasteiger partial charge in [0, 0.05) is 74.8 Å². The predicted octanol–water partition coefficient (Wildman–Crippen LogP) is 1.70. The molecule has 2 aliphatic heterocycles. The van der Waals surface area contributed by atoms with Crippen LogP contribution in [0.5, 0.6) is 0 Å². The van der Waals surface area contributed by atoms with E-state index in [4.69, 9.17) is 63.2 Å². The second-order valence-electron chi connectivity index (χ2n) is 11.0. The molecule has 1 unspecified atom stereocenters. The van der Waals surface area contributed by atoms with Crippen LogP contribution in [0.1, 0.15) is 12.0 Å². The number of nitrogens with two attached hydrogens (primary N) is 4. The number of nitrogen functional groups attached to an aromatic ring is 2. The minimum atomic E-state index is -0.316. The first-order valence-electron chi connectivity index (χ1n) is 13.9. The van der Waals surface area contributed by atoms with E-state index in [1.807, 2.05) is 66.8 Å². The summed E-state index contributed by atoms with van der Waals surface area (Å²) in [7, 11) is 0. The molecule has 0 spiro atoms. The molecule has 8 bridgehead atoms. The average Bonchev–Trinajstić information content (AvgIpc) is 3.71. The van der Waals surface area contributed by atoms with Gasteiger partial charge in [0.2, 0.25) is 0 Å². The number of rotatable bonds is 0. The summed E-state index contributed by atoms with van der Waals surface area (Å²) in [6.07, 6.45) is 10.1. The smallest absolute Gasteiger partial charge is 0.402 e. The van der Waals surface area contributed by atoms with Gasteiger partial charge in [-0.05, 0) is 86.2 Å². The zero-order chi connectivity index (χ0) is 29.7. The van der Waals surface area contributed by atoms with Gasteiger partial charge in [0.1, 0.15) is 0 Å². The number of nitrogens with zero attached hydrogens (tertiary/aromatic N) is 8. The molecule has 214 valence electrons. The maximum atomic E-state index is 6.25. The third-order valence-corrected chi connectivity index (χ3v) is 8.09. The monoisotopic (exact) mass is 638 g/mol. The molecular weight excluding hydrogens is 618 g/mol. The summed E-state index contributed by atoms with van der Waals surface area (Å²) in [6, 6.07) is 11.1. The Morgan fingerprint density at radius 1 is 0.689 bits per heavy atom. The molecule has 45 heavy (non-hydrogen) atoms. The molecule has 13 heteroatoms. The van der Waals surface area contributed by atoms with Crippen LogP contribution in [0, 0.1) is 5.92 Å². The minimum absolute atomic E-state index is 0. The van der Waals surface area contributed by atoms with Crippen LogP contribution in [-0.4, -0.2) is 5.84 Å². The number of fused-ring (bicyclic) bond motifs is 19. The Kier molecular flexibility index (Phi) is 5.78. The van der Waals surface area contributed by atoms with Gasteiger partial charge in [-0.3, -0.25) is 0 Å². The fraction of sp³-hybridized carbons (Fsp3) is 0.0625. The average molecular weight is 640 g/mol. The number of allylic oxidation sites excluding steroid dienone is 3. The van der Waals surface area contributed by atoms with Crippen molar-refractivity contribution in [3.8, 4) is 0 Å². The molecule has 2 aromatic carbocycles. The van der Waals surface area contributed by atoms with Crippen LogP contribution in [-0.2, 0) is 19.5 Å². The SMILES string of the molecule is NC1=CC2C3=Nc4[n-]c(c5cc(N)ccc45)N=c4[n-]c(c5c4=CCC(N)=C5)N=c4[n-]c(c5cc(N)ccc45)=NC(=C2C=C1)[N-]3.[Zn+2]. The largest absolute Gasteiger partial charge is 2.00 e. The molecule has 0 radical (unpaired) electrons. The molecule has 3 aromatic heterocycles. The van der Waals surface area contributed by atoms with E-state index in [0.717, 1.165) is 37.9 Å². The van der Waals surface area contributed by atoms with Gasteiger partial charge in [0.25, 0.3) is 0 Å². The quantitative estimate of drug-likeness (QED) is 0.145. The van der Waals surface area contributed by atoms with E-state index in [1.54, 1.807) is 0 Å². The molecule has 5 heterocycles. The van der Waals surface area contributed by atoms with Crippen molar-refractivity contribution in [2.24, 2.45) is 37.4 Å². The predicted molar refractivity (Wildman–Crippen MR) is 169 cm³/mol. The molecule has 2 aliphatic carbocycles. The Hall–Kier alpha value is -5.68. The summed E-state index contributed by atoms with van der Waals surface area (Å²) in [5, 5.41) is 8.73. The first-order valence-corrected chi connectivity index (χ1v) is 13.9. The van der Waals surface area contributed by atoms with E-state index in [0.29, 0.717) is 74.8 Å². The normalized spacial score (nSPS) is 17.9. The van der Waals surface area contributed by atoms with Gasteiger partial charge in [-0.1, -0.05) is 24.3 Å². The number of aliphatic imine (C=N–C) groups is 1. The van der Waals surface area contributed by atoms with E-state index in [2.05, 4.69) is 0 Å². The van der Waals surface area contributed by atoms with Crippen molar-refractivity contribution >= 4 is 68.4 Å². The molecule has 5 aromatic rings. The molecule has 0 saturated carbocycles. The maximum absolute atomic E-state index is 6.25. The Balaban J connectivity index is 0.00000300. The maximum Gasteiger partial charge on any atom is 2.00 e. The van der Waals surface area contributed by atoms with Crippen molar-refractivity contribution in [3.63, 3.8) is 0 Å². The van der Waals surface area contributed by atoms with Crippen LogP contribution >= 0.6 is 0 Å². The van der Waals surface area contributed by atoms with Crippen LogP contribution in [0.4, 0.5) is 28.8 Å². The van der Waals surface area contributed by atoms with Crippen molar-refractivity contribution in [1.29, 1.82) is 0 Å². The zero-order valence-electron chi connectivity index (χ0n) is 23.7. The van der Waals surface area contributed by atoms with Gasteiger partial charge >= 0.3 is 19.5 Å². The summed E-state index contributed by atoms with van der Waals surface area (Å²) < 4.78 is 0. The van der Waals surface area contributed by atoms with E-state index in [1.165, 1.54) is 0 Å². The second kappa shape index (κ2) is 9.66. The van der Waals surface area contributed by atoms with E-state index in [9.17, 15) is 0 Å². The number of hydrogen-bond acceptors (Lipinski definition) is 8. The van der Waals surface area contributed by atoms with Gasteiger partial charge in [0.15, 0.2) is 0 Å².